The standard InChI is InChI=1S/C32H52O20/c1-45-16-3-11(4-17(46-2)23(16)38)30-18(50-32-28(43)26(41)24(39)19(9-33)51-32)7-13-14(48-30)5-12(34)6-15(13)49-31-29(44)27(42)25(40)20(52-31)10-47-22(37)8-21(35)36/h11-20,23-34,38-44H,3-10H2,1-2H3,(H,35,36)/t11?,12?,13?,14?,15?,16?,17?,18?,19-,20-,23?,24-,25-,26+,27+,28-,29-,30?,31-,32-/m1/s1. The summed E-state index contributed by atoms with van der Waals surface area (Å²) < 4.78 is 46.5. The highest BCUT2D eigenvalue weighted by molar-refractivity contribution is 5.90. The third kappa shape index (κ3) is 9.05. The van der Waals surface area contributed by atoms with Crippen LogP contribution >= 0.6 is 0 Å². The molecule has 3 aliphatic heterocycles. The van der Waals surface area contributed by atoms with Crippen LogP contribution in [0.2, 0.25) is 0 Å². The number of hydrogen-bond acceptors (Lipinski definition) is 19. The van der Waals surface area contributed by atoms with Gasteiger partial charge >= 0.3 is 11.9 Å². The van der Waals surface area contributed by atoms with E-state index in [0.29, 0.717) is 12.8 Å². The summed E-state index contributed by atoms with van der Waals surface area (Å²) in [7, 11) is 2.90. The van der Waals surface area contributed by atoms with Gasteiger partial charge in [0.1, 0.15) is 68.0 Å². The minimum absolute atomic E-state index is 0.00142. The first-order valence-corrected chi connectivity index (χ1v) is 17.4. The first kappa shape index (κ1) is 41.5. The van der Waals surface area contributed by atoms with Crippen LogP contribution < -0.4 is 0 Å². The van der Waals surface area contributed by atoms with Gasteiger partial charge in [-0.05, 0) is 31.6 Å². The van der Waals surface area contributed by atoms with Gasteiger partial charge in [0.05, 0.1) is 49.3 Å². The van der Waals surface area contributed by atoms with Gasteiger partial charge in [0, 0.05) is 26.6 Å². The lowest BCUT2D eigenvalue weighted by Gasteiger charge is -2.53. The van der Waals surface area contributed by atoms with Gasteiger partial charge in [-0.25, -0.2) is 0 Å². The monoisotopic (exact) mass is 756 g/mol. The maximum Gasteiger partial charge on any atom is 0.317 e. The van der Waals surface area contributed by atoms with Crippen molar-refractivity contribution in [3.05, 3.63) is 0 Å². The van der Waals surface area contributed by atoms with E-state index >= 15 is 0 Å². The fraction of sp³-hybridized carbons (Fsp3) is 0.938. The Morgan fingerprint density at radius 1 is 0.635 bits per heavy atom. The zero-order valence-corrected chi connectivity index (χ0v) is 28.8. The van der Waals surface area contributed by atoms with E-state index in [4.69, 9.17) is 43.0 Å². The first-order valence-electron chi connectivity index (χ1n) is 17.4. The van der Waals surface area contributed by atoms with Crippen LogP contribution in [0.15, 0.2) is 0 Å². The Balaban J connectivity index is 1.38. The van der Waals surface area contributed by atoms with Crippen molar-refractivity contribution in [2.75, 3.05) is 27.4 Å². The van der Waals surface area contributed by atoms with Crippen molar-refractivity contribution < 1.29 is 98.5 Å². The van der Waals surface area contributed by atoms with Gasteiger partial charge in [0.2, 0.25) is 0 Å². The lowest BCUT2D eigenvalue weighted by atomic mass is 9.72. The Hall–Kier alpha value is -1.70. The number of carboxylic acids is 1. The largest absolute Gasteiger partial charge is 0.481 e. The molecule has 0 bridgehead atoms. The number of ether oxygens (including phenoxy) is 8. The highest BCUT2D eigenvalue weighted by Crippen LogP contribution is 2.45. The van der Waals surface area contributed by atoms with Crippen molar-refractivity contribution in [1.29, 1.82) is 0 Å². The lowest BCUT2D eigenvalue weighted by molar-refractivity contribution is -0.345. The summed E-state index contributed by atoms with van der Waals surface area (Å²) >= 11 is 0. The van der Waals surface area contributed by atoms with E-state index in [1.165, 1.54) is 14.2 Å². The molecule has 0 amide bonds. The summed E-state index contributed by atoms with van der Waals surface area (Å²) in [5.74, 6) is -3.55. The Morgan fingerprint density at radius 2 is 1.19 bits per heavy atom. The summed E-state index contributed by atoms with van der Waals surface area (Å²) in [4.78, 5) is 22.6. The SMILES string of the molecule is COC1CC(C2OC3CC(O)CC(O[C@@H]4O[C@H](COC(=O)CC(=O)O)[C@@H](O)[C@H](O)[C@H]4O)C3CC2O[C@@H]2O[C@H](CO)[C@@H](O)[C@H](O)[C@H]2O)CC(OC)C1O. The average molecular weight is 757 g/mol. The van der Waals surface area contributed by atoms with Crippen LogP contribution in [0.1, 0.15) is 38.5 Å². The highest BCUT2D eigenvalue weighted by atomic mass is 16.7. The van der Waals surface area contributed by atoms with E-state index in [0.717, 1.165) is 0 Å². The number of fused-ring (bicyclic) bond motifs is 1. The van der Waals surface area contributed by atoms with Gasteiger partial charge in [-0.15, -0.1) is 0 Å². The molecule has 20 nitrogen and oxygen atoms in total. The van der Waals surface area contributed by atoms with E-state index in [-0.39, 0.29) is 25.2 Å². The van der Waals surface area contributed by atoms with Crippen LogP contribution in [0, 0.1) is 11.8 Å². The molecule has 8 unspecified atom stereocenters. The zero-order valence-electron chi connectivity index (χ0n) is 28.8. The van der Waals surface area contributed by atoms with Crippen LogP contribution in [-0.2, 0) is 47.5 Å². The average Bonchev–Trinajstić information content (AvgIpc) is 3.11. The molecule has 52 heavy (non-hydrogen) atoms. The second-order valence-electron chi connectivity index (χ2n) is 14.2. The van der Waals surface area contributed by atoms with Crippen molar-refractivity contribution in [3.63, 3.8) is 0 Å². The maximum atomic E-state index is 11.8. The lowest BCUT2D eigenvalue weighted by Crippen LogP contribution is -2.63. The maximum absolute atomic E-state index is 11.8. The van der Waals surface area contributed by atoms with Crippen molar-refractivity contribution in [1.82, 2.24) is 0 Å². The van der Waals surface area contributed by atoms with Gasteiger partial charge in [-0.1, -0.05) is 0 Å². The number of carbonyl (C=O) groups is 2. The third-order valence-corrected chi connectivity index (χ3v) is 10.9. The minimum Gasteiger partial charge on any atom is -0.481 e. The molecule has 300 valence electrons. The molecule has 5 fully saturated rings. The van der Waals surface area contributed by atoms with Gasteiger partial charge in [0.15, 0.2) is 12.6 Å². The topological polar surface area (TPSA) is 310 Å². The molecule has 3 heterocycles. The van der Waals surface area contributed by atoms with Gasteiger partial charge < -0.3 is 89.0 Å². The molecule has 20 heteroatoms. The van der Waals surface area contributed by atoms with Gasteiger partial charge in [-0.3, -0.25) is 9.59 Å². The number of hydrogen-bond donors (Lipinski definition) is 10. The van der Waals surface area contributed by atoms with Crippen LogP contribution in [0.3, 0.4) is 0 Å². The van der Waals surface area contributed by atoms with E-state index in [1.54, 1.807) is 0 Å². The molecule has 0 aromatic rings. The molecule has 2 aliphatic carbocycles. The smallest absolute Gasteiger partial charge is 0.317 e. The van der Waals surface area contributed by atoms with E-state index in [2.05, 4.69) is 0 Å². The minimum atomic E-state index is -1.83. The number of aliphatic hydroxyl groups excluding tert-OH is 9. The normalized spacial score (nSPS) is 48.4. The highest BCUT2D eigenvalue weighted by Gasteiger charge is 2.55. The van der Waals surface area contributed by atoms with Crippen molar-refractivity contribution in [2.45, 2.75) is 149 Å². The van der Waals surface area contributed by atoms with Gasteiger partial charge in [-0.2, -0.15) is 0 Å². The molecule has 5 rings (SSSR count). The Labute approximate surface area is 298 Å². The predicted octanol–water partition coefficient (Wildman–Crippen LogP) is -4.89. The number of carbonyl (C=O) groups excluding carboxylic acids is 1. The molecule has 2 saturated carbocycles. The van der Waals surface area contributed by atoms with E-state index in [1.807, 2.05) is 0 Å². The number of carboxylic acid groups (broad SMARTS) is 1. The molecule has 0 aromatic heterocycles. The fourth-order valence-corrected chi connectivity index (χ4v) is 8.07. The predicted molar refractivity (Wildman–Crippen MR) is 166 cm³/mol. The molecule has 3 saturated heterocycles. The van der Waals surface area contributed by atoms with Crippen molar-refractivity contribution in [2.24, 2.45) is 11.8 Å². The summed E-state index contributed by atoms with van der Waals surface area (Å²) in [6, 6.07) is 0. The molecule has 0 aromatic carbocycles. The van der Waals surface area contributed by atoms with Crippen LogP contribution in [-0.4, -0.2) is 201 Å². The number of rotatable bonds is 12. The third-order valence-electron chi connectivity index (χ3n) is 10.9. The summed E-state index contributed by atoms with van der Waals surface area (Å²) in [6.45, 7) is -1.36. The molecule has 10 N–H and O–H groups in total. The number of aliphatic hydroxyl groups is 9. The van der Waals surface area contributed by atoms with Crippen molar-refractivity contribution >= 4 is 11.9 Å². The summed E-state index contributed by atoms with van der Waals surface area (Å²) in [5.41, 5.74) is 0. The molecule has 18 atom stereocenters. The molecular weight excluding hydrogens is 704 g/mol. The van der Waals surface area contributed by atoms with Crippen LogP contribution in [0.25, 0.3) is 0 Å². The fourth-order valence-electron chi connectivity index (χ4n) is 8.07. The van der Waals surface area contributed by atoms with Crippen LogP contribution in [0.4, 0.5) is 0 Å². The molecule has 0 radical (unpaired) electrons. The molecule has 0 spiro atoms. The first-order chi connectivity index (χ1) is 24.7. The number of methoxy groups -OCH3 is 2. The quantitative estimate of drug-likeness (QED) is 0.0659. The second-order valence-corrected chi connectivity index (χ2v) is 14.2. The summed E-state index contributed by atoms with van der Waals surface area (Å²) in [5, 5.41) is 104. The second kappa shape index (κ2) is 17.8. The zero-order chi connectivity index (χ0) is 38.0. The van der Waals surface area contributed by atoms with Crippen LogP contribution in [0.5, 0.6) is 0 Å². The summed E-state index contributed by atoms with van der Waals surface area (Å²) in [6.07, 6.45) is -23.0. The molecule has 5 aliphatic rings. The van der Waals surface area contributed by atoms with E-state index < -0.39 is 148 Å². The Morgan fingerprint density at radius 3 is 1.75 bits per heavy atom. The van der Waals surface area contributed by atoms with E-state index in [9.17, 15) is 55.5 Å². The molecular formula is C32H52O20. The van der Waals surface area contributed by atoms with Gasteiger partial charge in [0.25, 0.3) is 0 Å². The Kier molecular flexibility index (Phi) is 14.2. The Bertz CT molecular complexity index is 1160. The number of esters is 1. The number of aliphatic carboxylic acids is 1. The van der Waals surface area contributed by atoms with Crippen molar-refractivity contribution in [3.8, 4) is 0 Å².